The van der Waals surface area contributed by atoms with Crippen molar-refractivity contribution < 1.29 is 4.42 Å². The second kappa shape index (κ2) is 11.9. The molecule has 10 rings (SSSR count). The van der Waals surface area contributed by atoms with Crippen LogP contribution in [-0.4, -0.2) is 14.5 Å². The van der Waals surface area contributed by atoms with Crippen LogP contribution in [0.2, 0.25) is 0 Å². The third kappa shape index (κ3) is 4.86. The van der Waals surface area contributed by atoms with Gasteiger partial charge in [0, 0.05) is 44.5 Å². The third-order valence-corrected chi connectivity index (χ3v) is 9.70. The molecule has 3 aromatic heterocycles. The normalized spacial score (nSPS) is 11.5. The van der Waals surface area contributed by atoms with Crippen molar-refractivity contribution in [1.29, 1.82) is 0 Å². The Labute approximate surface area is 294 Å². The molecule has 0 bridgehead atoms. The van der Waals surface area contributed by atoms with E-state index in [9.17, 15) is 0 Å². The van der Waals surface area contributed by atoms with Crippen molar-refractivity contribution in [2.45, 2.75) is 0 Å². The minimum Gasteiger partial charge on any atom is -0.452 e. The van der Waals surface area contributed by atoms with Crippen molar-refractivity contribution in [2.75, 3.05) is 4.90 Å². The molecule has 0 saturated carbocycles. The van der Waals surface area contributed by atoms with Gasteiger partial charge in [-0.3, -0.25) is 0 Å². The zero-order valence-corrected chi connectivity index (χ0v) is 27.5. The van der Waals surface area contributed by atoms with E-state index in [0.29, 0.717) is 5.58 Å². The van der Waals surface area contributed by atoms with Gasteiger partial charge in [-0.05, 0) is 83.9 Å². The molecule has 0 amide bonds. The van der Waals surface area contributed by atoms with Gasteiger partial charge in [0.05, 0.1) is 11.0 Å². The summed E-state index contributed by atoms with van der Waals surface area (Å²) in [5, 5.41) is 3.42. The number of aromatic nitrogens is 3. The van der Waals surface area contributed by atoms with Crippen molar-refractivity contribution in [2.24, 2.45) is 0 Å². The summed E-state index contributed by atoms with van der Waals surface area (Å²) in [4.78, 5) is 11.5. The van der Waals surface area contributed by atoms with Crippen LogP contribution in [0.4, 0.5) is 17.1 Å². The monoisotopic (exact) mass is 654 g/mol. The van der Waals surface area contributed by atoms with Crippen molar-refractivity contribution in [1.82, 2.24) is 14.5 Å². The summed E-state index contributed by atoms with van der Waals surface area (Å²) in [7, 11) is 0. The first kappa shape index (κ1) is 29.0. The number of nitrogens with zero attached hydrogens (tertiary/aromatic N) is 4. The van der Waals surface area contributed by atoms with Crippen LogP contribution in [0.3, 0.4) is 0 Å². The second-order valence-electron chi connectivity index (χ2n) is 12.7. The molecule has 7 aromatic carbocycles. The van der Waals surface area contributed by atoms with Crippen LogP contribution >= 0.6 is 0 Å². The molecule has 0 aliphatic rings. The summed E-state index contributed by atoms with van der Waals surface area (Å²) in [5.74, 6) is 0. The summed E-state index contributed by atoms with van der Waals surface area (Å²) in [6.45, 7) is 0. The Morgan fingerprint density at radius 1 is 0.451 bits per heavy atom. The molecular weight excluding hydrogens is 625 g/mol. The van der Waals surface area contributed by atoms with E-state index in [1.54, 1.807) is 6.33 Å². The van der Waals surface area contributed by atoms with Gasteiger partial charge >= 0.3 is 0 Å². The number of hydrogen-bond donors (Lipinski definition) is 0. The number of hydrogen-bond acceptors (Lipinski definition) is 4. The van der Waals surface area contributed by atoms with E-state index in [1.165, 1.54) is 16.3 Å². The van der Waals surface area contributed by atoms with Gasteiger partial charge in [0.1, 0.15) is 23.1 Å². The first-order valence-electron chi connectivity index (χ1n) is 17.1. The molecule has 5 heteroatoms. The molecule has 0 spiro atoms. The molecule has 0 radical (unpaired) electrons. The molecule has 3 heterocycles. The number of anilines is 3. The van der Waals surface area contributed by atoms with E-state index in [2.05, 4.69) is 171 Å². The molecule has 10 aromatic rings. The Morgan fingerprint density at radius 3 is 1.90 bits per heavy atom. The Kier molecular flexibility index (Phi) is 6.74. The molecule has 51 heavy (non-hydrogen) atoms. The van der Waals surface area contributed by atoms with Crippen LogP contribution in [0.1, 0.15) is 0 Å². The maximum absolute atomic E-state index is 6.22. The maximum Gasteiger partial charge on any atom is 0.180 e. The van der Waals surface area contributed by atoms with E-state index >= 15 is 0 Å². The molecule has 0 aliphatic heterocycles. The SMILES string of the molecule is c1ccc(N(c2ccccc2)c2ccc3c(c2)c2ccccc2n3-c2cccc(-c3ccc(-c4ncnc5c4oc4ccccc45)cc3)c2)cc1. The standard InChI is InChI=1S/C46H30N4O/c1-3-13-34(14-4-1)49(35-15-5-2-6-16-35)37-26-27-42-40(29-37)38-18-7-9-20-41(38)50(42)36-17-11-12-33(28-36)31-22-24-32(25-23-31)44-46-45(48-30-47-44)39-19-8-10-21-43(39)51-46/h1-30H. The van der Waals surface area contributed by atoms with Gasteiger partial charge < -0.3 is 13.9 Å². The highest BCUT2D eigenvalue weighted by atomic mass is 16.3. The van der Waals surface area contributed by atoms with Crippen LogP contribution in [-0.2, 0) is 0 Å². The third-order valence-electron chi connectivity index (χ3n) is 9.70. The molecule has 0 saturated heterocycles. The zero-order chi connectivity index (χ0) is 33.7. The van der Waals surface area contributed by atoms with E-state index in [1.807, 2.05) is 24.3 Å². The lowest BCUT2D eigenvalue weighted by Crippen LogP contribution is -2.09. The van der Waals surface area contributed by atoms with E-state index in [0.717, 1.165) is 67.1 Å². The summed E-state index contributed by atoms with van der Waals surface area (Å²) < 4.78 is 8.59. The van der Waals surface area contributed by atoms with E-state index in [4.69, 9.17) is 4.42 Å². The van der Waals surface area contributed by atoms with Crippen LogP contribution in [0.15, 0.2) is 187 Å². The smallest absolute Gasteiger partial charge is 0.180 e. The highest BCUT2D eigenvalue weighted by molar-refractivity contribution is 6.11. The van der Waals surface area contributed by atoms with Crippen molar-refractivity contribution in [3.8, 4) is 28.1 Å². The van der Waals surface area contributed by atoms with Gasteiger partial charge in [-0.25, -0.2) is 9.97 Å². The molecule has 0 aliphatic carbocycles. The largest absolute Gasteiger partial charge is 0.452 e. The van der Waals surface area contributed by atoms with Crippen molar-refractivity contribution in [3.63, 3.8) is 0 Å². The zero-order valence-electron chi connectivity index (χ0n) is 27.5. The van der Waals surface area contributed by atoms with E-state index < -0.39 is 0 Å². The Morgan fingerprint density at radius 2 is 1.12 bits per heavy atom. The maximum atomic E-state index is 6.22. The average molecular weight is 655 g/mol. The fraction of sp³-hybridized carbons (Fsp3) is 0. The van der Waals surface area contributed by atoms with Gasteiger partial charge in [-0.2, -0.15) is 0 Å². The Balaban J connectivity index is 1.06. The molecule has 0 atom stereocenters. The predicted molar refractivity (Wildman–Crippen MR) is 209 cm³/mol. The van der Waals surface area contributed by atoms with Gasteiger partial charge in [0.25, 0.3) is 0 Å². The fourth-order valence-corrected chi connectivity index (χ4v) is 7.35. The number of para-hydroxylation sites is 4. The number of benzene rings is 7. The minimum absolute atomic E-state index is 0.707. The molecule has 0 N–H and O–H groups in total. The van der Waals surface area contributed by atoms with Gasteiger partial charge in [0.2, 0.25) is 0 Å². The quantitative estimate of drug-likeness (QED) is 0.179. The van der Waals surface area contributed by atoms with Crippen LogP contribution in [0, 0.1) is 0 Å². The lowest BCUT2D eigenvalue weighted by Gasteiger charge is -2.25. The summed E-state index contributed by atoms with van der Waals surface area (Å²) in [5.41, 5.74) is 13.2. The number of rotatable bonds is 6. The fourth-order valence-electron chi connectivity index (χ4n) is 7.35. The van der Waals surface area contributed by atoms with Crippen molar-refractivity contribution in [3.05, 3.63) is 182 Å². The van der Waals surface area contributed by atoms with E-state index in [-0.39, 0.29) is 0 Å². The summed E-state index contributed by atoms with van der Waals surface area (Å²) in [6, 6.07) is 61.9. The van der Waals surface area contributed by atoms with Gasteiger partial charge in [-0.1, -0.05) is 103 Å². The second-order valence-corrected chi connectivity index (χ2v) is 12.7. The molecule has 0 unspecified atom stereocenters. The first-order valence-corrected chi connectivity index (χ1v) is 17.1. The number of fused-ring (bicyclic) bond motifs is 6. The Bertz CT molecular complexity index is 2820. The van der Waals surface area contributed by atoms with Crippen LogP contribution < -0.4 is 4.90 Å². The molecule has 240 valence electrons. The topological polar surface area (TPSA) is 47.1 Å². The molecule has 5 nitrogen and oxygen atoms in total. The summed E-state index contributed by atoms with van der Waals surface area (Å²) >= 11 is 0. The lowest BCUT2D eigenvalue weighted by atomic mass is 10.0. The number of furan rings is 1. The molecular formula is C46H30N4O. The van der Waals surface area contributed by atoms with Crippen LogP contribution in [0.5, 0.6) is 0 Å². The van der Waals surface area contributed by atoms with Crippen molar-refractivity contribution >= 4 is 60.9 Å². The molecule has 0 fully saturated rings. The first-order chi connectivity index (χ1) is 25.3. The minimum atomic E-state index is 0.707. The highest BCUT2D eigenvalue weighted by Crippen LogP contribution is 2.40. The van der Waals surface area contributed by atoms with Gasteiger partial charge in [0.15, 0.2) is 5.58 Å². The van der Waals surface area contributed by atoms with Gasteiger partial charge in [-0.15, -0.1) is 0 Å². The lowest BCUT2D eigenvalue weighted by molar-refractivity contribution is 0.667. The highest BCUT2D eigenvalue weighted by Gasteiger charge is 2.18. The van der Waals surface area contributed by atoms with Crippen LogP contribution in [0.25, 0.3) is 71.9 Å². The average Bonchev–Trinajstić information content (AvgIpc) is 3.75. The predicted octanol–water partition coefficient (Wildman–Crippen LogP) is 12.3. The Hall–Kier alpha value is -6.98. The summed E-state index contributed by atoms with van der Waals surface area (Å²) in [6.07, 6.45) is 1.62.